The van der Waals surface area contributed by atoms with E-state index in [-0.39, 0.29) is 11.5 Å². The highest BCUT2D eigenvalue weighted by Crippen LogP contribution is 2.54. The van der Waals surface area contributed by atoms with Gasteiger partial charge in [-0.15, -0.1) is 0 Å². The van der Waals surface area contributed by atoms with Gasteiger partial charge in [-0.25, -0.2) is 0 Å². The molecule has 2 aliphatic rings. The van der Waals surface area contributed by atoms with Crippen LogP contribution in [0.1, 0.15) is 52.4 Å². The first-order chi connectivity index (χ1) is 8.05. The Morgan fingerprint density at radius 3 is 2.35 bits per heavy atom. The van der Waals surface area contributed by atoms with Crippen molar-refractivity contribution in [2.24, 2.45) is 17.1 Å². The Morgan fingerprint density at radius 2 is 1.88 bits per heavy atom. The van der Waals surface area contributed by atoms with E-state index in [4.69, 9.17) is 10.5 Å². The summed E-state index contributed by atoms with van der Waals surface area (Å²) in [6, 6.07) is 0. The van der Waals surface area contributed by atoms with Gasteiger partial charge < -0.3 is 15.6 Å². The van der Waals surface area contributed by atoms with Gasteiger partial charge in [-0.05, 0) is 25.7 Å². The quantitative estimate of drug-likeness (QED) is 0.792. The van der Waals surface area contributed by atoms with Crippen molar-refractivity contribution in [3.05, 3.63) is 0 Å². The highest BCUT2D eigenvalue weighted by Gasteiger charge is 2.57. The summed E-state index contributed by atoms with van der Waals surface area (Å²) in [7, 11) is 0. The van der Waals surface area contributed by atoms with E-state index in [0.29, 0.717) is 6.54 Å². The maximum absolute atomic E-state index is 10.8. The number of nitrogens with two attached hydrogens (primary N) is 1. The van der Waals surface area contributed by atoms with Crippen LogP contribution in [0.2, 0.25) is 0 Å². The molecule has 2 rings (SSSR count). The molecule has 2 fully saturated rings. The first kappa shape index (κ1) is 13.3. The lowest BCUT2D eigenvalue weighted by molar-refractivity contribution is -0.210. The molecule has 0 atom stereocenters. The molecule has 0 aliphatic heterocycles. The molecule has 100 valence electrons. The predicted molar refractivity (Wildman–Crippen MR) is 68.7 cm³/mol. The second kappa shape index (κ2) is 4.87. The van der Waals surface area contributed by atoms with E-state index < -0.39 is 5.60 Å². The standard InChI is InChI=1S/C14H27NO2/c1-3-17-12-8-14(16,9-12)13(10-15)6-4-11(2)5-7-13/h11-12,16H,3-10,15H2,1-2H3. The molecule has 2 aliphatic carbocycles. The average Bonchev–Trinajstić information content (AvgIpc) is 2.28. The first-order valence-electron chi connectivity index (χ1n) is 7.09. The summed E-state index contributed by atoms with van der Waals surface area (Å²) in [5.41, 5.74) is 5.41. The minimum Gasteiger partial charge on any atom is -0.389 e. The van der Waals surface area contributed by atoms with E-state index >= 15 is 0 Å². The van der Waals surface area contributed by atoms with Crippen molar-refractivity contribution in [2.45, 2.75) is 64.1 Å². The fourth-order valence-electron chi connectivity index (χ4n) is 3.65. The predicted octanol–water partition coefficient (Wildman–Crippen LogP) is 2.07. The molecule has 0 aromatic rings. The smallest absolute Gasteiger partial charge is 0.0765 e. The summed E-state index contributed by atoms with van der Waals surface area (Å²) in [6.07, 6.45) is 6.41. The van der Waals surface area contributed by atoms with Crippen LogP contribution in [0.3, 0.4) is 0 Å². The number of rotatable bonds is 4. The third kappa shape index (κ3) is 2.25. The fraction of sp³-hybridized carbons (Fsp3) is 1.00. The van der Waals surface area contributed by atoms with Crippen molar-refractivity contribution in [3.8, 4) is 0 Å². The van der Waals surface area contributed by atoms with Gasteiger partial charge in [-0.1, -0.05) is 19.8 Å². The van der Waals surface area contributed by atoms with Crippen LogP contribution in [0.15, 0.2) is 0 Å². The van der Waals surface area contributed by atoms with Gasteiger partial charge in [0.15, 0.2) is 0 Å². The molecule has 0 aromatic carbocycles. The lowest BCUT2D eigenvalue weighted by Crippen LogP contribution is -2.63. The minimum absolute atomic E-state index is 0.0346. The molecule has 3 heteroatoms. The van der Waals surface area contributed by atoms with Gasteiger partial charge in [0.25, 0.3) is 0 Å². The summed E-state index contributed by atoms with van der Waals surface area (Å²) >= 11 is 0. The van der Waals surface area contributed by atoms with Crippen molar-refractivity contribution < 1.29 is 9.84 Å². The molecule has 0 radical (unpaired) electrons. The number of hydrogen-bond donors (Lipinski definition) is 2. The van der Waals surface area contributed by atoms with Gasteiger partial charge in [0.2, 0.25) is 0 Å². The van der Waals surface area contributed by atoms with Crippen LogP contribution < -0.4 is 5.73 Å². The van der Waals surface area contributed by atoms with Crippen LogP contribution in [-0.4, -0.2) is 30.0 Å². The maximum Gasteiger partial charge on any atom is 0.0765 e. The molecular weight excluding hydrogens is 214 g/mol. The van der Waals surface area contributed by atoms with Crippen molar-refractivity contribution in [1.29, 1.82) is 0 Å². The van der Waals surface area contributed by atoms with E-state index in [1.165, 1.54) is 12.8 Å². The first-order valence-corrected chi connectivity index (χ1v) is 7.09. The van der Waals surface area contributed by atoms with Crippen LogP contribution in [-0.2, 0) is 4.74 Å². The van der Waals surface area contributed by atoms with Crippen LogP contribution in [0, 0.1) is 11.3 Å². The van der Waals surface area contributed by atoms with Crippen LogP contribution in [0.4, 0.5) is 0 Å². The Balaban J connectivity index is 1.99. The Labute approximate surface area is 105 Å². The Morgan fingerprint density at radius 1 is 1.29 bits per heavy atom. The van der Waals surface area contributed by atoms with Gasteiger partial charge >= 0.3 is 0 Å². The van der Waals surface area contributed by atoms with Crippen LogP contribution in [0.25, 0.3) is 0 Å². The molecule has 3 N–H and O–H groups in total. The van der Waals surface area contributed by atoms with Crippen molar-refractivity contribution in [2.75, 3.05) is 13.2 Å². The molecule has 0 saturated heterocycles. The molecular formula is C14H27NO2. The van der Waals surface area contributed by atoms with E-state index in [9.17, 15) is 5.11 Å². The molecule has 0 unspecified atom stereocenters. The Kier molecular flexibility index (Phi) is 3.81. The monoisotopic (exact) mass is 241 g/mol. The largest absolute Gasteiger partial charge is 0.389 e. The third-order valence-corrected chi connectivity index (χ3v) is 5.14. The molecule has 0 bridgehead atoms. The van der Waals surface area contributed by atoms with Gasteiger partial charge in [-0.3, -0.25) is 0 Å². The van der Waals surface area contributed by atoms with E-state index in [1.54, 1.807) is 0 Å². The van der Waals surface area contributed by atoms with Gasteiger partial charge in [0.05, 0.1) is 11.7 Å². The Hall–Kier alpha value is -0.120. The van der Waals surface area contributed by atoms with Crippen LogP contribution >= 0.6 is 0 Å². The second-order valence-electron chi connectivity index (χ2n) is 6.18. The topological polar surface area (TPSA) is 55.5 Å². The summed E-state index contributed by atoms with van der Waals surface area (Å²) in [6.45, 7) is 5.68. The molecule has 17 heavy (non-hydrogen) atoms. The minimum atomic E-state index is -0.554. The molecule has 3 nitrogen and oxygen atoms in total. The number of hydrogen-bond acceptors (Lipinski definition) is 3. The maximum atomic E-state index is 10.8. The normalized spacial score (nSPS) is 46.6. The summed E-state index contributed by atoms with van der Waals surface area (Å²) < 4.78 is 5.57. The summed E-state index contributed by atoms with van der Waals surface area (Å²) in [5, 5.41) is 10.8. The zero-order valence-electron chi connectivity index (χ0n) is 11.2. The SMILES string of the molecule is CCOC1CC(O)(C2(CN)CCC(C)CC2)C1. The molecule has 0 amide bonds. The number of aliphatic hydroxyl groups is 1. The van der Waals surface area contributed by atoms with Gasteiger partial charge in [0, 0.05) is 31.4 Å². The molecule has 0 spiro atoms. The second-order valence-corrected chi connectivity index (χ2v) is 6.18. The van der Waals surface area contributed by atoms with Crippen molar-refractivity contribution in [1.82, 2.24) is 0 Å². The Bertz CT molecular complexity index is 253. The molecule has 2 saturated carbocycles. The summed E-state index contributed by atoms with van der Waals surface area (Å²) in [4.78, 5) is 0. The number of ether oxygens (including phenoxy) is 1. The van der Waals surface area contributed by atoms with E-state index in [2.05, 4.69) is 6.92 Å². The molecule has 0 heterocycles. The van der Waals surface area contributed by atoms with Gasteiger partial charge in [0.1, 0.15) is 0 Å². The van der Waals surface area contributed by atoms with Crippen molar-refractivity contribution in [3.63, 3.8) is 0 Å². The zero-order valence-corrected chi connectivity index (χ0v) is 11.2. The van der Waals surface area contributed by atoms with E-state index in [1.807, 2.05) is 6.92 Å². The van der Waals surface area contributed by atoms with Gasteiger partial charge in [-0.2, -0.15) is 0 Å². The highest BCUT2D eigenvalue weighted by atomic mass is 16.5. The van der Waals surface area contributed by atoms with Crippen molar-refractivity contribution >= 4 is 0 Å². The third-order valence-electron chi connectivity index (χ3n) is 5.14. The lowest BCUT2D eigenvalue weighted by atomic mass is 9.54. The zero-order chi connectivity index (χ0) is 12.5. The van der Waals surface area contributed by atoms with Crippen LogP contribution in [0.5, 0.6) is 0 Å². The molecule has 0 aromatic heterocycles. The fourth-order valence-corrected chi connectivity index (χ4v) is 3.65. The summed E-state index contributed by atoms with van der Waals surface area (Å²) in [5.74, 6) is 0.793. The van der Waals surface area contributed by atoms with E-state index in [0.717, 1.165) is 38.2 Å². The highest BCUT2D eigenvalue weighted by molar-refractivity contribution is 5.09. The lowest BCUT2D eigenvalue weighted by Gasteiger charge is -2.57. The average molecular weight is 241 g/mol.